The van der Waals surface area contributed by atoms with Crippen LogP contribution in [0.2, 0.25) is 0 Å². The number of hydrogen-bond acceptors (Lipinski definition) is 1. The van der Waals surface area contributed by atoms with Crippen LogP contribution in [-0.4, -0.2) is 5.24 Å². The quantitative estimate of drug-likeness (QED) is 0.717. The molecule has 0 aromatic heterocycles. The normalized spacial score (nSPS) is 10.4. The molecule has 15 heavy (non-hydrogen) atoms. The Kier molecular flexibility index (Phi) is 4.34. The van der Waals surface area contributed by atoms with E-state index in [0.29, 0.717) is 6.42 Å². The van der Waals surface area contributed by atoms with Gasteiger partial charge in [-0.15, -0.1) is 0 Å². The Bertz CT molecular complexity index is 344. The summed E-state index contributed by atoms with van der Waals surface area (Å²) in [5, 5.41) is -0.275. The predicted molar refractivity (Wildman–Crippen MR) is 64.5 cm³/mol. The fourth-order valence-electron chi connectivity index (χ4n) is 1.97. The molecule has 1 nitrogen and oxygen atoms in total. The third-order valence-corrected chi connectivity index (χ3v) is 2.79. The van der Waals surface area contributed by atoms with Crippen molar-refractivity contribution in [1.82, 2.24) is 0 Å². The van der Waals surface area contributed by atoms with Gasteiger partial charge in [0.25, 0.3) is 0 Å². The van der Waals surface area contributed by atoms with Crippen LogP contribution in [0.4, 0.5) is 0 Å². The minimum absolute atomic E-state index is 0.275. The Hall–Kier alpha value is -0.820. The lowest BCUT2D eigenvalue weighted by molar-refractivity contribution is -0.111. The van der Waals surface area contributed by atoms with Crippen LogP contribution in [-0.2, 0) is 24.1 Å². The van der Waals surface area contributed by atoms with Crippen molar-refractivity contribution in [1.29, 1.82) is 0 Å². The Labute approximate surface area is 96.5 Å². The molecule has 0 bridgehead atoms. The average molecular weight is 225 g/mol. The van der Waals surface area contributed by atoms with Crippen LogP contribution >= 0.6 is 11.6 Å². The fraction of sp³-hybridized carbons (Fsp3) is 0.462. The Morgan fingerprint density at radius 2 is 1.67 bits per heavy atom. The van der Waals surface area contributed by atoms with Crippen molar-refractivity contribution in [3.8, 4) is 0 Å². The van der Waals surface area contributed by atoms with Gasteiger partial charge in [-0.05, 0) is 48.1 Å². The molecule has 0 saturated heterocycles. The highest BCUT2D eigenvalue weighted by Crippen LogP contribution is 2.20. The summed E-state index contributed by atoms with van der Waals surface area (Å²) in [6.45, 7) is 6.30. The zero-order chi connectivity index (χ0) is 11.4. The number of carbonyl (C=O) groups is 1. The standard InChI is InChI=1S/C13H17ClO/c1-4-10-6-9(3)7-11(5-2)12(10)8-13(14)15/h6-7H,4-5,8H2,1-3H3. The fourth-order valence-corrected chi connectivity index (χ4v) is 2.10. The molecule has 0 radical (unpaired) electrons. The third kappa shape index (κ3) is 3.07. The molecule has 0 heterocycles. The minimum Gasteiger partial charge on any atom is -0.281 e. The Morgan fingerprint density at radius 3 is 2.00 bits per heavy atom. The van der Waals surface area contributed by atoms with E-state index in [9.17, 15) is 4.79 Å². The lowest BCUT2D eigenvalue weighted by atomic mass is 9.93. The highest BCUT2D eigenvalue weighted by atomic mass is 35.5. The van der Waals surface area contributed by atoms with E-state index in [1.165, 1.54) is 16.7 Å². The molecule has 0 saturated carbocycles. The smallest absolute Gasteiger partial charge is 0.226 e. The molecule has 2 heteroatoms. The molecule has 0 aliphatic heterocycles. The van der Waals surface area contributed by atoms with Crippen LogP contribution < -0.4 is 0 Å². The maximum atomic E-state index is 11.0. The number of rotatable bonds is 4. The van der Waals surface area contributed by atoms with E-state index in [1.807, 2.05) is 0 Å². The lowest BCUT2D eigenvalue weighted by Gasteiger charge is -2.12. The highest BCUT2D eigenvalue weighted by molar-refractivity contribution is 6.63. The molecule has 1 rings (SSSR count). The van der Waals surface area contributed by atoms with E-state index in [2.05, 4.69) is 32.9 Å². The van der Waals surface area contributed by atoms with Gasteiger partial charge in [-0.3, -0.25) is 4.79 Å². The number of benzene rings is 1. The minimum atomic E-state index is -0.275. The molecule has 0 fully saturated rings. The molecule has 82 valence electrons. The van der Waals surface area contributed by atoms with E-state index in [0.717, 1.165) is 18.4 Å². The summed E-state index contributed by atoms with van der Waals surface area (Å²) in [5.41, 5.74) is 4.89. The van der Waals surface area contributed by atoms with Crippen LogP contribution in [0.15, 0.2) is 12.1 Å². The van der Waals surface area contributed by atoms with Crippen LogP contribution in [0.5, 0.6) is 0 Å². The molecule has 1 aromatic carbocycles. The molecule has 0 amide bonds. The van der Waals surface area contributed by atoms with Crippen molar-refractivity contribution >= 4 is 16.8 Å². The van der Waals surface area contributed by atoms with Crippen LogP contribution in [0.1, 0.15) is 36.1 Å². The molecular formula is C13H17ClO. The second kappa shape index (κ2) is 5.32. The number of carbonyl (C=O) groups excluding carboxylic acids is 1. The Morgan fingerprint density at radius 1 is 1.20 bits per heavy atom. The first-order chi connectivity index (χ1) is 7.08. The molecule has 0 N–H and O–H groups in total. The van der Waals surface area contributed by atoms with Gasteiger partial charge in [0.15, 0.2) is 0 Å². The highest BCUT2D eigenvalue weighted by Gasteiger charge is 2.10. The predicted octanol–water partition coefficient (Wildman–Crippen LogP) is 3.43. The second-order valence-electron chi connectivity index (χ2n) is 3.80. The average Bonchev–Trinajstić information content (AvgIpc) is 2.19. The summed E-state index contributed by atoms with van der Waals surface area (Å²) in [6.07, 6.45) is 2.26. The first kappa shape index (κ1) is 12.3. The van der Waals surface area contributed by atoms with Gasteiger partial charge in [0.1, 0.15) is 0 Å². The Balaban J connectivity index is 3.23. The van der Waals surface area contributed by atoms with Crippen molar-refractivity contribution in [3.63, 3.8) is 0 Å². The molecule has 0 aliphatic rings. The molecule has 0 atom stereocenters. The third-order valence-electron chi connectivity index (χ3n) is 2.66. The summed E-state index contributed by atoms with van der Waals surface area (Å²) in [6, 6.07) is 4.29. The van der Waals surface area contributed by atoms with E-state index in [1.54, 1.807) is 0 Å². The van der Waals surface area contributed by atoms with Gasteiger partial charge >= 0.3 is 0 Å². The van der Waals surface area contributed by atoms with Crippen molar-refractivity contribution in [2.45, 2.75) is 40.0 Å². The summed E-state index contributed by atoms with van der Waals surface area (Å²) in [7, 11) is 0. The van der Waals surface area contributed by atoms with E-state index >= 15 is 0 Å². The first-order valence-electron chi connectivity index (χ1n) is 5.38. The second-order valence-corrected chi connectivity index (χ2v) is 4.22. The molecule has 0 unspecified atom stereocenters. The molecular weight excluding hydrogens is 208 g/mol. The number of hydrogen-bond donors (Lipinski definition) is 0. The van der Waals surface area contributed by atoms with Crippen LogP contribution in [0.25, 0.3) is 0 Å². The topological polar surface area (TPSA) is 17.1 Å². The lowest BCUT2D eigenvalue weighted by Crippen LogP contribution is -2.04. The largest absolute Gasteiger partial charge is 0.281 e. The zero-order valence-corrected chi connectivity index (χ0v) is 10.3. The van der Waals surface area contributed by atoms with Gasteiger partial charge in [0, 0.05) is 6.42 Å². The van der Waals surface area contributed by atoms with E-state index in [4.69, 9.17) is 11.6 Å². The molecule has 0 aliphatic carbocycles. The number of halogens is 1. The van der Waals surface area contributed by atoms with Gasteiger partial charge in [-0.25, -0.2) is 0 Å². The molecule has 1 aromatic rings. The maximum absolute atomic E-state index is 11.0. The first-order valence-corrected chi connectivity index (χ1v) is 5.75. The van der Waals surface area contributed by atoms with Gasteiger partial charge in [-0.1, -0.05) is 31.5 Å². The maximum Gasteiger partial charge on any atom is 0.226 e. The van der Waals surface area contributed by atoms with Gasteiger partial charge < -0.3 is 0 Å². The zero-order valence-electron chi connectivity index (χ0n) is 9.56. The van der Waals surface area contributed by atoms with Gasteiger partial charge in [0.05, 0.1) is 0 Å². The summed E-state index contributed by atoms with van der Waals surface area (Å²) in [5.74, 6) is 0. The van der Waals surface area contributed by atoms with Gasteiger partial charge in [-0.2, -0.15) is 0 Å². The van der Waals surface area contributed by atoms with Crippen molar-refractivity contribution in [2.24, 2.45) is 0 Å². The van der Waals surface area contributed by atoms with Gasteiger partial charge in [0.2, 0.25) is 5.24 Å². The monoisotopic (exact) mass is 224 g/mol. The SMILES string of the molecule is CCc1cc(C)cc(CC)c1CC(=O)Cl. The summed E-state index contributed by atoms with van der Waals surface area (Å²) >= 11 is 5.47. The van der Waals surface area contributed by atoms with Crippen molar-refractivity contribution in [3.05, 3.63) is 34.4 Å². The number of aryl methyl sites for hydroxylation is 3. The summed E-state index contributed by atoms with van der Waals surface area (Å²) < 4.78 is 0. The molecule has 0 spiro atoms. The van der Waals surface area contributed by atoms with Crippen molar-refractivity contribution < 1.29 is 4.79 Å². The summed E-state index contributed by atoms with van der Waals surface area (Å²) in [4.78, 5) is 11.0. The van der Waals surface area contributed by atoms with Crippen LogP contribution in [0.3, 0.4) is 0 Å². The van der Waals surface area contributed by atoms with Crippen molar-refractivity contribution in [2.75, 3.05) is 0 Å². The van der Waals surface area contributed by atoms with E-state index < -0.39 is 0 Å². The van der Waals surface area contributed by atoms with E-state index in [-0.39, 0.29) is 5.24 Å². The van der Waals surface area contributed by atoms with Crippen LogP contribution in [0, 0.1) is 6.92 Å².